The molecule has 1 aliphatic carbocycles. The molecule has 164 valence electrons. The van der Waals surface area contributed by atoms with Crippen molar-refractivity contribution in [3.05, 3.63) is 12.1 Å². The molecule has 1 atom stereocenters. The Balaban J connectivity index is 1.54. The fourth-order valence-electron chi connectivity index (χ4n) is 3.23. The van der Waals surface area contributed by atoms with E-state index in [1.54, 1.807) is 12.1 Å². The number of ether oxygens (including phenoxy) is 3. The van der Waals surface area contributed by atoms with E-state index in [9.17, 15) is 14.4 Å². The number of amides is 3. The minimum absolute atomic E-state index is 0.0307. The van der Waals surface area contributed by atoms with Gasteiger partial charge in [0.2, 0.25) is 17.7 Å². The quantitative estimate of drug-likeness (QED) is 0.535. The molecule has 1 aliphatic heterocycles. The molecule has 2 aliphatic rings. The molecule has 30 heavy (non-hydrogen) atoms. The van der Waals surface area contributed by atoms with Gasteiger partial charge in [-0.25, -0.2) is 0 Å². The zero-order chi connectivity index (χ0) is 21.5. The van der Waals surface area contributed by atoms with Crippen molar-refractivity contribution in [2.75, 3.05) is 38.0 Å². The minimum Gasteiger partial charge on any atom is -0.494 e. The van der Waals surface area contributed by atoms with Crippen LogP contribution in [-0.2, 0) is 19.1 Å². The molecule has 3 rings (SSSR count). The largest absolute Gasteiger partial charge is 0.494 e. The van der Waals surface area contributed by atoms with Crippen LogP contribution in [-0.4, -0.2) is 51.2 Å². The van der Waals surface area contributed by atoms with Crippen LogP contribution in [0, 0.1) is 5.92 Å². The number of methoxy groups -OCH3 is 2. The van der Waals surface area contributed by atoms with Gasteiger partial charge < -0.3 is 30.2 Å². The average Bonchev–Trinajstić information content (AvgIpc) is 3.47. The molecule has 0 aromatic heterocycles. The van der Waals surface area contributed by atoms with Crippen LogP contribution in [0.2, 0.25) is 0 Å². The summed E-state index contributed by atoms with van der Waals surface area (Å²) in [6.07, 6.45) is 3.91. The average molecular weight is 419 g/mol. The van der Waals surface area contributed by atoms with Crippen LogP contribution in [0.15, 0.2) is 12.1 Å². The Hall–Kier alpha value is -2.81. The van der Waals surface area contributed by atoms with Gasteiger partial charge in [-0.1, -0.05) is 0 Å². The van der Waals surface area contributed by atoms with Crippen LogP contribution in [0.5, 0.6) is 11.5 Å². The van der Waals surface area contributed by atoms with Gasteiger partial charge in [-0.15, -0.1) is 0 Å². The molecule has 1 heterocycles. The molecule has 3 N–H and O–H groups in total. The number of hydrogen-bond donors (Lipinski definition) is 3. The Kier molecular flexibility index (Phi) is 7.51. The first-order valence-corrected chi connectivity index (χ1v) is 10.2. The van der Waals surface area contributed by atoms with Crippen LogP contribution in [0.25, 0.3) is 0 Å². The summed E-state index contributed by atoms with van der Waals surface area (Å²) in [5, 5.41) is 8.37. The Labute approximate surface area is 175 Å². The standard InChI is InChI=1S/C21H29N3O6/c1-28-17-11-16(24-21(27)13-5-6-13)18(29-2)10-15(17)23-20(26)8-7-19(25)22-12-14-4-3-9-30-14/h10-11,13-14H,3-9,12H2,1-2H3,(H,22,25)(H,23,26)(H,24,27)/t14-/m1/s1. The predicted octanol–water partition coefficient (Wildman–Crippen LogP) is 2.07. The molecule has 0 unspecified atom stereocenters. The number of carbonyl (C=O) groups excluding carboxylic acids is 3. The lowest BCUT2D eigenvalue weighted by Gasteiger charge is -2.16. The highest BCUT2D eigenvalue weighted by Gasteiger charge is 2.30. The third-order valence-electron chi connectivity index (χ3n) is 5.13. The van der Waals surface area contributed by atoms with Crippen molar-refractivity contribution in [2.24, 2.45) is 5.92 Å². The number of rotatable bonds is 10. The molecule has 3 amide bonds. The smallest absolute Gasteiger partial charge is 0.227 e. The van der Waals surface area contributed by atoms with Crippen molar-refractivity contribution in [2.45, 2.75) is 44.6 Å². The lowest BCUT2D eigenvalue weighted by Crippen LogP contribution is -2.32. The molecule has 9 heteroatoms. The van der Waals surface area contributed by atoms with Crippen LogP contribution in [0.3, 0.4) is 0 Å². The van der Waals surface area contributed by atoms with Crippen LogP contribution in [0.4, 0.5) is 11.4 Å². The predicted molar refractivity (Wildman–Crippen MR) is 111 cm³/mol. The topological polar surface area (TPSA) is 115 Å². The third kappa shape index (κ3) is 6.09. The van der Waals surface area contributed by atoms with Gasteiger partial charge in [0.1, 0.15) is 11.5 Å². The molecule has 1 aromatic carbocycles. The highest BCUT2D eigenvalue weighted by atomic mass is 16.5. The summed E-state index contributed by atoms with van der Waals surface area (Å²) in [7, 11) is 2.96. The van der Waals surface area contributed by atoms with E-state index in [0.717, 1.165) is 32.3 Å². The van der Waals surface area contributed by atoms with Crippen molar-refractivity contribution in [3.8, 4) is 11.5 Å². The Morgan fingerprint density at radius 2 is 1.60 bits per heavy atom. The molecular weight excluding hydrogens is 390 g/mol. The van der Waals surface area contributed by atoms with Gasteiger partial charge in [-0.3, -0.25) is 14.4 Å². The minimum atomic E-state index is -0.322. The first-order chi connectivity index (χ1) is 14.5. The first-order valence-electron chi connectivity index (χ1n) is 10.2. The molecule has 1 saturated heterocycles. The zero-order valence-corrected chi connectivity index (χ0v) is 17.4. The summed E-state index contributed by atoms with van der Waals surface area (Å²) in [5.41, 5.74) is 0.890. The second kappa shape index (κ2) is 10.3. The molecule has 0 radical (unpaired) electrons. The van der Waals surface area contributed by atoms with E-state index in [-0.39, 0.29) is 42.6 Å². The van der Waals surface area contributed by atoms with Gasteiger partial charge in [0, 0.05) is 44.0 Å². The first kappa shape index (κ1) is 21.9. The molecule has 0 bridgehead atoms. The van der Waals surface area contributed by atoms with Crippen LogP contribution >= 0.6 is 0 Å². The fourth-order valence-corrected chi connectivity index (χ4v) is 3.23. The summed E-state index contributed by atoms with van der Waals surface area (Å²) in [5.74, 6) is 0.279. The molecule has 1 aromatic rings. The van der Waals surface area contributed by atoms with Gasteiger partial charge in [-0.05, 0) is 25.7 Å². The van der Waals surface area contributed by atoms with Crippen molar-refractivity contribution in [1.82, 2.24) is 5.32 Å². The SMILES string of the molecule is COc1cc(NC(=O)C2CC2)c(OC)cc1NC(=O)CCC(=O)NC[C@H]1CCCO1. The number of benzene rings is 1. The van der Waals surface area contributed by atoms with Crippen molar-refractivity contribution >= 4 is 29.1 Å². The Morgan fingerprint density at radius 3 is 2.17 bits per heavy atom. The van der Waals surface area contributed by atoms with E-state index >= 15 is 0 Å². The highest BCUT2D eigenvalue weighted by molar-refractivity contribution is 5.98. The molecular formula is C21H29N3O6. The van der Waals surface area contributed by atoms with Crippen molar-refractivity contribution < 1.29 is 28.6 Å². The van der Waals surface area contributed by atoms with Gasteiger partial charge in [-0.2, -0.15) is 0 Å². The number of hydrogen-bond acceptors (Lipinski definition) is 6. The maximum absolute atomic E-state index is 12.3. The van der Waals surface area contributed by atoms with Crippen LogP contribution < -0.4 is 25.4 Å². The number of anilines is 2. The maximum atomic E-state index is 12.3. The van der Waals surface area contributed by atoms with E-state index in [1.165, 1.54) is 14.2 Å². The van der Waals surface area contributed by atoms with Crippen molar-refractivity contribution in [3.63, 3.8) is 0 Å². The lowest BCUT2D eigenvalue weighted by molar-refractivity contribution is -0.124. The number of carbonyl (C=O) groups is 3. The maximum Gasteiger partial charge on any atom is 0.227 e. The number of nitrogens with one attached hydrogen (secondary N) is 3. The lowest BCUT2D eigenvalue weighted by atomic mass is 10.2. The highest BCUT2D eigenvalue weighted by Crippen LogP contribution is 2.38. The van der Waals surface area contributed by atoms with Gasteiger partial charge >= 0.3 is 0 Å². The van der Waals surface area contributed by atoms with Gasteiger partial charge in [0.05, 0.1) is 31.7 Å². The molecule has 9 nitrogen and oxygen atoms in total. The van der Waals surface area contributed by atoms with E-state index in [4.69, 9.17) is 14.2 Å². The summed E-state index contributed by atoms with van der Waals surface area (Å²) in [6.45, 7) is 1.21. The second-order valence-electron chi connectivity index (χ2n) is 7.50. The van der Waals surface area contributed by atoms with Crippen LogP contribution in [0.1, 0.15) is 38.5 Å². The molecule has 2 fully saturated rings. The summed E-state index contributed by atoms with van der Waals surface area (Å²) < 4.78 is 16.2. The van der Waals surface area contributed by atoms with E-state index in [2.05, 4.69) is 16.0 Å². The normalized spacial score (nSPS) is 17.9. The summed E-state index contributed by atoms with van der Waals surface area (Å²) in [4.78, 5) is 36.3. The third-order valence-corrected chi connectivity index (χ3v) is 5.13. The summed E-state index contributed by atoms with van der Waals surface area (Å²) in [6, 6.07) is 3.21. The van der Waals surface area contributed by atoms with E-state index in [1.807, 2.05) is 0 Å². The van der Waals surface area contributed by atoms with Gasteiger partial charge in [0.15, 0.2) is 0 Å². The zero-order valence-electron chi connectivity index (χ0n) is 17.4. The second-order valence-corrected chi connectivity index (χ2v) is 7.50. The monoisotopic (exact) mass is 419 g/mol. The van der Waals surface area contributed by atoms with E-state index < -0.39 is 0 Å². The molecule has 0 spiro atoms. The van der Waals surface area contributed by atoms with E-state index in [0.29, 0.717) is 29.4 Å². The molecule has 1 saturated carbocycles. The van der Waals surface area contributed by atoms with Crippen molar-refractivity contribution in [1.29, 1.82) is 0 Å². The fraction of sp³-hybridized carbons (Fsp3) is 0.571. The summed E-state index contributed by atoms with van der Waals surface area (Å²) >= 11 is 0. The Morgan fingerprint density at radius 1 is 0.967 bits per heavy atom. The van der Waals surface area contributed by atoms with Gasteiger partial charge in [0.25, 0.3) is 0 Å². The Bertz CT molecular complexity index is 787.